The molecule has 2 N–H and O–H groups in total. The molecular weight excluding hydrogens is 178 g/mol. The Labute approximate surface area is 84.3 Å². The molecule has 0 atom stereocenters. The molecule has 78 valence electrons. The van der Waals surface area contributed by atoms with Crippen LogP contribution in [0.5, 0.6) is 0 Å². The normalized spacial score (nSPS) is 10.4. The number of unbranched alkanes of at least 4 members (excludes halogenated alkanes) is 3. The lowest BCUT2D eigenvalue weighted by molar-refractivity contribution is 0.0978. The Morgan fingerprint density at radius 3 is 2.71 bits per heavy atom. The number of furan rings is 1. The summed E-state index contributed by atoms with van der Waals surface area (Å²) < 4.78 is 4.84. The monoisotopic (exact) mass is 195 g/mol. The van der Waals surface area contributed by atoms with Gasteiger partial charge in [0.25, 0.3) is 0 Å². The minimum absolute atomic E-state index is 0.173. The first-order chi connectivity index (χ1) is 6.84. The maximum absolute atomic E-state index is 11.5. The Bertz CT molecular complexity index is 254. The van der Waals surface area contributed by atoms with Crippen molar-refractivity contribution in [2.75, 3.05) is 6.54 Å². The van der Waals surface area contributed by atoms with Gasteiger partial charge >= 0.3 is 0 Å². The Morgan fingerprint density at radius 1 is 1.29 bits per heavy atom. The fraction of sp³-hybridized carbons (Fsp3) is 0.545. The molecule has 14 heavy (non-hydrogen) atoms. The summed E-state index contributed by atoms with van der Waals surface area (Å²) in [5, 5.41) is 0. The predicted octanol–water partition coefficient (Wildman–Crippen LogP) is 2.37. The van der Waals surface area contributed by atoms with Crippen LogP contribution in [0.2, 0.25) is 0 Å². The lowest BCUT2D eigenvalue weighted by atomic mass is 10.1. The van der Waals surface area contributed by atoms with Gasteiger partial charge in [-0.25, -0.2) is 0 Å². The molecule has 0 aliphatic rings. The van der Waals surface area contributed by atoms with E-state index in [9.17, 15) is 4.79 Å². The van der Waals surface area contributed by atoms with Gasteiger partial charge in [-0.2, -0.15) is 0 Å². The number of hydrogen-bond donors (Lipinski definition) is 1. The summed E-state index contributed by atoms with van der Waals surface area (Å²) >= 11 is 0. The number of carbonyl (C=O) groups is 1. The number of ketones is 1. The molecule has 0 spiro atoms. The van der Waals surface area contributed by atoms with Crippen LogP contribution in [-0.4, -0.2) is 12.3 Å². The molecule has 0 saturated carbocycles. The molecule has 0 fully saturated rings. The molecular formula is C11H17NO2. The van der Waals surface area contributed by atoms with Crippen molar-refractivity contribution in [1.29, 1.82) is 0 Å². The molecule has 0 aromatic carbocycles. The van der Waals surface area contributed by atoms with E-state index in [-0.39, 0.29) is 5.78 Å². The highest BCUT2D eigenvalue weighted by atomic mass is 16.3. The average Bonchev–Trinajstić information content (AvgIpc) is 2.70. The van der Waals surface area contributed by atoms with Gasteiger partial charge < -0.3 is 10.2 Å². The number of nitrogens with two attached hydrogens (primary N) is 1. The highest BCUT2D eigenvalue weighted by Crippen LogP contribution is 2.09. The molecule has 3 heteroatoms. The zero-order valence-corrected chi connectivity index (χ0v) is 8.37. The third kappa shape index (κ3) is 3.75. The molecule has 3 nitrogen and oxygen atoms in total. The zero-order chi connectivity index (χ0) is 10.2. The first-order valence-electron chi connectivity index (χ1n) is 5.10. The fourth-order valence-corrected chi connectivity index (χ4v) is 1.35. The van der Waals surface area contributed by atoms with E-state index >= 15 is 0 Å². The second-order valence-electron chi connectivity index (χ2n) is 3.39. The fourth-order valence-electron chi connectivity index (χ4n) is 1.35. The molecule has 1 heterocycles. The van der Waals surface area contributed by atoms with E-state index in [1.807, 2.05) is 0 Å². The van der Waals surface area contributed by atoms with Gasteiger partial charge in [-0.1, -0.05) is 12.8 Å². The van der Waals surface area contributed by atoms with Crippen LogP contribution in [0.4, 0.5) is 0 Å². The van der Waals surface area contributed by atoms with Crippen LogP contribution >= 0.6 is 0 Å². The Balaban J connectivity index is 2.10. The van der Waals surface area contributed by atoms with Gasteiger partial charge in [-0.15, -0.1) is 0 Å². The average molecular weight is 195 g/mol. The Morgan fingerprint density at radius 2 is 2.07 bits per heavy atom. The number of carbonyl (C=O) groups excluding carboxylic acids is 1. The van der Waals surface area contributed by atoms with Crippen molar-refractivity contribution in [3.8, 4) is 0 Å². The highest BCUT2D eigenvalue weighted by molar-refractivity contribution is 5.95. The standard InChI is InChI=1S/C11H17NO2/c12-7-4-2-1-3-5-11(13)10-6-8-14-9-10/h6,8-9H,1-5,7,12H2. The van der Waals surface area contributed by atoms with Crippen molar-refractivity contribution in [3.63, 3.8) is 0 Å². The molecule has 1 aromatic rings. The van der Waals surface area contributed by atoms with Crippen LogP contribution in [0, 0.1) is 0 Å². The molecule has 0 amide bonds. The maximum Gasteiger partial charge on any atom is 0.166 e. The van der Waals surface area contributed by atoms with Crippen LogP contribution in [0.1, 0.15) is 42.5 Å². The lowest BCUT2D eigenvalue weighted by Gasteiger charge is -1.98. The van der Waals surface area contributed by atoms with Crippen molar-refractivity contribution in [2.45, 2.75) is 32.1 Å². The molecule has 0 radical (unpaired) electrons. The van der Waals surface area contributed by atoms with Crippen LogP contribution in [0.3, 0.4) is 0 Å². The summed E-state index contributed by atoms with van der Waals surface area (Å²) in [4.78, 5) is 11.5. The topological polar surface area (TPSA) is 56.2 Å². The molecule has 1 aromatic heterocycles. The summed E-state index contributed by atoms with van der Waals surface area (Å²) in [6.07, 6.45) is 7.86. The van der Waals surface area contributed by atoms with Gasteiger partial charge in [0, 0.05) is 6.42 Å². The molecule has 0 aliphatic carbocycles. The van der Waals surface area contributed by atoms with Gasteiger partial charge in [-0.3, -0.25) is 4.79 Å². The smallest absolute Gasteiger partial charge is 0.166 e. The highest BCUT2D eigenvalue weighted by Gasteiger charge is 2.05. The summed E-state index contributed by atoms with van der Waals surface area (Å²) in [7, 11) is 0. The summed E-state index contributed by atoms with van der Waals surface area (Å²) in [5.74, 6) is 0.173. The van der Waals surface area contributed by atoms with E-state index in [4.69, 9.17) is 10.2 Å². The van der Waals surface area contributed by atoms with E-state index in [0.29, 0.717) is 12.0 Å². The van der Waals surface area contributed by atoms with Crippen molar-refractivity contribution in [2.24, 2.45) is 5.73 Å². The van der Waals surface area contributed by atoms with Gasteiger partial charge in [0.1, 0.15) is 6.26 Å². The quantitative estimate of drug-likeness (QED) is 0.536. The van der Waals surface area contributed by atoms with E-state index in [2.05, 4.69) is 0 Å². The maximum atomic E-state index is 11.5. The van der Waals surface area contributed by atoms with Crippen LogP contribution < -0.4 is 5.73 Å². The molecule has 0 saturated heterocycles. The zero-order valence-electron chi connectivity index (χ0n) is 8.37. The van der Waals surface area contributed by atoms with Crippen LogP contribution in [0.15, 0.2) is 23.0 Å². The largest absolute Gasteiger partial charge is 0.472 e. The predicted molar refractivity (Wildman–Crippen MR) is 55.2 cm³/mol. The van der Waals surface area contributed by atoms with Gasteiger partial charge in [-0.05, 0) is 25.5 Å². The van der Waals surface area contributed by atoms with E-state index in [1.54, 1.807) is 6.07 Å². The minimum atomic E-state index is 0.173. The third-order valence-electron chi connectivity index (χ3n) is 2.20. The lowest BCUT2D eigenvalue weighted by Crippen LogP contribution is -1.99. The first kappa shape index (κ1) is 11.0. The van der Waals surface area contributed by atoms with Gasteiger partial charge in [0.2, 0.25) is 0 Å². The molecule has 0 unspecified atom stereocenters. The third-order valence-corrected chi connectivity index (χ3v) is 2.20. The Kier molecular flexibility index (Phi) is 5.00. The van der Waals surface area contributed by atoms with Gasteiger partial charge in [0.05, 0.1) is 11.8 Å². The molecule has 1 rings (SSSR count). The van der Waals surface area contributed by atoms with E-state index in [1.165, 1.54) is 12.5 Å². The summed E-state index contributed by atoms with van der Waals surface area (Å²) in [6.45, 7) is 0.746. The second-order valence-corrected chi connectivity index (χ2v) is 3.39. The van der Waals surface area contributed by atoms with E-state index < -0.39 is 0 Å². The minimum Gasteiger partial charge on any atom is -0.472 e. The number of hydrogen-bond acceptors (Lipinski definition) is 3. The van der Waals surface area contributed by atoms with Gasteiger partial charge in [0.15, 0.2) is 5.78 Å². The van der Waals surface area contributed by atoms with Crippen molar-refractivity contribution < 1.29 is 9.21 Å². The SMILES string of the molecule is NCCCCCCC(=O)c1ccoc1. The molecule has 0 aliphatic heterocycles. The molecule has 0 bridgehead atoms. The summed E-state index contributed by atoms with van der Waals surface area (Å²) in [5.41, 5.74) is 6.05. The van der Waals surface area contributed by atoms with Crippen molar-refractivity contribution in [3.05, 3.63) is 24.2 Å². The van der Waals surface area contributed by atoms with E-state index in [0.717, 1.165) is 32.2 Å². The second kappa shape index (κ2) is 6.38. The first-order valence-corrected chi connectivity index (χ1v) is 5.10. The van der Waals surface area contributed by atoms with Crippen molar-refractivity contribution >= 4 is 5.78 Å². The van der Waals surface area contributed by atoms with Crippen LogP contribution in [0.25, 0.3) is 0 Å². The number of Topliss-reactive ketones (excluding diaryl/α,β-unsaturated/α-hetero) is 1. The Hall–Kier alpha value is -1.09. The van der Waals surface area contributed by atoms with Crippen molar-refractivity contribution in [1.82, 2.24) is 0 Å². The summed E-state index contributed by atoms with van der Waals surface area (Å²) in [6, 6.07) is 1.71. The van der Waals surface area contributed by atoms with Crippen LogP contribution in [-0.2, 0) is 0 Å². The number of rotatable bonds is 7.